The average Bonchev–Trinajstić information content (AvgIpc) is 2.72. The Morgan fingerprint density at radius 1 is 1.56 bits per heavy atom. The van der Waals surface area contributed by atoms with Crippen molar-refractivity contribution in [3.63, 3.8) is 0 Å². The number of ketones is 1. The van der Waals surface area contributed by atoms with Crippen molar-refractivity contribution >= 4 is 21.7 Å². The molecule has 1 aromatic carbocycles. The van der Waals surface area contributed by atoms with Crippen LogP contribution in [-0.4, -0.2) is 12.9 Å². The average molecular weight is 308 g/mol. The van der Waals surface area contributed by atoms with Crippen molar-refractivity contribution in [2.75, 3.05) is 7.11 Å². The van der Waals surface area contributed by atoms with Crippen molar-refractivity contribution in [2.45, 2.75) is 25.7 Å². The van der Waals surface area contributed by atoms with Crippen LogP contribution in [0.4, 0.5) is 0 Å². The van der Waals surface area contributed by atoms with Gasteiger partial charge in [0.25, 0.3) is 0 Å². The molecule has 0 heterocycles. The van der Waals surface area contributed by atoms with Gasteiger partial charge in [-0.2, -0.15) is 5.26 Å². The maximum atomic E-state index is 11.9. The summed E-state index contributed by atoms with van der Waals surface area (Å²) in [6.45, 7) is 0. The first-order valence-corrected chi connectivity index (χ1v) is 6.67. The van der Waals surface area contributed by atoms with Gasteiger partial charge < -0.3 is 4.74 Å². The molecule has 0 radical (unpaired) electrons. The summed E-state index contributed by atoms with van der Waals surface area (Å²) in [5, 5.41) is 9.31. The molecular formula is C14H14BrNO2. The van der Waals surface area contributed by atoms with Crippen LogP contribution >= 0.6 is 15.9 Å². The molecule has 0 spiro atoms. The molecule has 0 bridgehead atoms. The zero-order chi connectivity index (χ0) is 13.2. The fourth-order valence-corrected chi connectivity index (χ4v) is 3.03. The van der Waals surface area contributed by atoms with E-state index < -0.39 is 5.41 Å². The van der Waals surface area contributed by atoms with E-state index in [2.05, 4.69) is 22.0 Å². The number of hydrogen-bond acceptors (Lipinski definition) is 3. The summed E-state index contributed by atoms with van der Waals surface area (Å²) >= 11 is 3.42. The maximum Gasteiger partial charge on any atom is 0.153 e. The van der Waals surface area contributed by atoms with Crippen LogP contribution in [-0.2, 0) is 11.2 Å². The molecule has 1 unspecified atom stereocenters. The predicted molar refractivity (Wildman–Crippen MR) is 71.3 cm³/mol. The number of carbonyl (C=O) groups excluding carboxylic acids is 1. The number of nitrogens with zero attached hydrogens (tertiary/aromatic N) is 1. The summed E-state index contributed by atoms with van der Waals surface area (Å²) < 4.78 is 6.01. The predicted octanol–water partition coefficient (Wildman–Crippen LogP) is 3.26. The fraction of sp³-hybridized carbons (Fsp3) is 0.429. The van der Waals surface area contributed by atoms with E-state index in [9.17, 15) is 10.1 Å². The van der Waals surface area contributed by atoms with Gasteiger partial charge >= 0.3 is 0 Å². The van der Waals surface area contributed by atoms with Gasteiger partial charge in [-0.1, -0.05) is 6.07 Å². The van der Waals surface area contributed by atoms with Crippen molar-refractivity contribution in [1.29, 1.82) is 5.26 Å². The summed E-state index contributed by atoms with van der Waals surface area (Å²) in [5.41, 5.74) is 0.174. The second kappa shape index (κ2) is 5.11. The van der Waals surface area contributed by atoms with Gasteiger partial charge in [0.15, 0.2) is 5.78 Å². The Bertz CT molecular complexity index is 521. The first-order valence-electron chi connectivity index (χ1n) is 5.88. The minimum Gasteiger partial charge on any atom is -0.496 e. The summed E-state index contributed by atoms with van der Waals surface area (Å²) in [5.74, 6) is 0.833. The number of hydrogen-bond donors (Lipinski definition) is 0. The molecular weight excluding hydrogens is 294 g/mol. The lowest BCUT2D eigenvalue weighted by Crippen LogP contribution is -2.26. The summed E-state index contributed by atoms with van der Waals surface area (Å²) in [4.78, 5) is 11.9. The Balaban J connectivity index is 2.26. The van der Waals surface area contributed by atoms with Crippen LogP contribution in [0.15, 0.2) is 22.7 Å². The molecule has 0 saturated heterocycles. The SMILES string of the molecule is COc1ccc(CC2(C#N)CCCC2=O)cc1Br. The van der Waals surface area contributed by atoms with E-state index in [-0.39, 0.29) is 5.78 Å². The second-order valence-corrected chi connectivity index (χ2v) is 5.47. The lowest BCUT2D eigenvalue weighted by Gasteiger charge is -2.19. The Morgan fingerprint density at radius 3 is 2.83 bits per heavy atom. The highest BCUT2D eigenvalue weighted by atomic mass is 79.9. The van der Waals surface area contributed by atoms with Gasteiger partial charge in [-0.3, -0.25) is 4.79 Å². The van der Waals surface area contributed by atoms with E-state index in [1.807, 2.05) is 18.2 Å². The number of halogens is 1. The number of Topliss-reactive ketones (excluding diaryl/α,β-unsaturated/α-hetero) is 1. The molecule has 1 aliphatic rings. The fourth-order valence-electron chi connectivity index (χ4n) is 2.44. The zero-order valence-electron chi connectivity index (χ0n) is 10.2. The molecule has 4 heteroatoms. The van der Waals surface area contributed by atoms with Crippen molar-refractivity contribution in [3.8, 4) is 11.8 Å². The van der Waals surface area contributed by atoms with Crippen molar-refractivity contribution < 1.29 is 9.53 Å². The third-order valence-electron chi connectivity index (χ3n) is 3.48. The van der Waals surface area contributed by atoms with Gasteiger partial charge in [0.1, 0.15) is 11.2 Å². The van der Waals surface area contributed by atoms with Crippen LogP contribution in [0.2, 0.25) is 0 Å². The largest absolute Gasteiger partial charge is 0.496 e. The zero-order valence-corrected chi connectivity index (χ0v) is 11.8. The van der Waals surface area contributed by atoms with Crippen LogP contribution in [0.1, 0.15) is 24.8 Å². The van der Waals surface area contributed by atoms with Crippen LogP contribution < -0.4 is 4.74 Å². The van der Waals surface area contributed by atoms with E-state index in [1.165, 1.54) is 0 Å². The number of methoxy groups -OCH3 is 1. The van der Waals surface area contributed by atoms with Gasteiger partial charge in [0, 0.05) is 6.42 Å². The third-order valence-corrected chi connectivity index (χ3v) is 4.10. The Kier molecular flexibility index (Phi) is 3.72. The third kappa shape index (κ3) is 2.28. The minimum absolute atomic E-state index is 0.0805. The Morgan fingerprint density at radius 2 is 2.33 bits per heavy atom. The van der Waals surface area contributed by atoms with Crippen LogP contribution in [0, 0.1) is 16.7 Å². The van der Waals surface area contributed by atoms with Gasteiger partial charge in [0.05, 0.1) is 17.7 Å². The molecule has 94 valence electrons. The molecule has 1 aliphatic carbocycles. The molecule has 1 fully saturated rings. The first-order chi connectivity index (χ1) is 8.61. The normalized spacial score (nSPS) is 22.8. The Hall–Kier alpha value is -1.34. The minimum atomic E-state index is -0.811. The maximum absolute atomic E-state index is 11.9. The number of benzene rings is 1. The van der Waals surface area contributed by atoms with Crippen molar-refractivity contribution in [1.82, 2.24) is 0 Å². The van der Waals surface area contributed by atoms with Gasteiger partial charge in [-0.25, -0.2) is 0 Å². The highest BCUT2D eigenvalue weighted by molar-refractivity contribution is 9.10. The van der Waals surface area contributed by atoms with E-state index in [1.54, 1.807) is 7.11 Å². The standard InChI is InChI=1S/C14H14BrNO2/c1-18-12-5-4-10(7-11(12)15)8-14(9-16)6-2-3-13(14)17/h4-5,7H,2-3,6,8H2,1H3. The number of rotatable bonds is 3. The van der Waals surface area contributed by atoms with E-state index in [0.29, 0.717) is 19.3 Å². The molecule has 0 amide bonds. The second-order valence-electron chi connectivity index (χ2n) is 4.62. The summed E-state index contributed by atoms with van der Waals surface area (Å²) in [6.07, 6.45) is 2.52. The smallest absolute Gasteiger partial charge is 0.153 e. The van der Waals surface area contributed by atoms with Crippen LogP contribution in [0.5, 0.6) is 5.75 Å². The first kappa shape index (κ1) is 13.1. The highest BCUT2D eigenvalue weighted by Gasteiger charge is 2.42. The molecule has 1 saturated carbocycles. The molecule has 18 heavy (non-hydrogen) atoms. The lowest BCUT2D eigenvalue weighted by atomic mass is 9.81. The molecule has 2 rings (SSSR count). The van der Waals surface area contributed by atoms with E-state index in [0.717, 1.165) is 22.2 Å². The number of carbonyl (C=O) groups is 1. The summed E-state index contributed by atoms with van der Waals surface area (Å²) in [7, 11) is 1.61. The lowest BCUT2D eigenvalue weighted by molar-refractivity contribution is -0.123. The monoisotopic (exact) mass is 307 g/mol. The van der Waals surface area contributed by atoms with E-state index >= 15 is 0 Å². The highest BCUT2D eigenvalue weighted by Crippen LogP contribution is 2.38. The van der Waals surface area contributed by atoms with Crippen LogP contribution in [0.25, 0.3) is 0 Å². The molecule has 1 atom stereocenters. The molecule has 0 aliphatic heterocycles. The van der Waals surface area contributed by atoms with Gasteiger partial charge in [0.2, 0.25) is 0 Å². The van der Waals surface area contributed by atoms with Crippen LogP contribution in [0.3, 0.4) is 0 Å². The molecule has 3 nitrogen and oxygen atoms in total. The molecule has 0 aromatic heterocycles. The molecule has 1 aromatic rings. The van der Waals surface area contributed by atoms with Crippen molar-refractivity contribution in [2.24, 2.45) is 5.41 Å². The van der Waals surface area contributed by atoms with Gasteiger partial charge in [-0.15, -0.1) is 0 Å². The Labute approximate surface area is 115 Å². The topological polar surface area (TPSA) is 50.1 Å². The van der Waals surface area contributed by atoms with E-state index in [4.69, 9.17) is 4.74 Å². The number of ether oxygens (including phenoxy) is 1. The summed E-state index contributed by atoms with van der Waals surface area (Å²) in [6, 6.07) is 7.91. The molecule has 0 N–H and O–H groups in total. The quantitative estimate of drug-likeness (QED) is 0.861. The van der Waals surface area contributed by atoms with Crippen molar-refractivity contribution in [3.05, 3.63) is 28.2 Å². The van der Waals surface area contributed by atoms with Gasteiger partial charge in [-0.05, 0) is 52.9 Å². The number of nitriles is 1.